The number of hydrogen-bond acceptors (Lipinski definition) is 3. The molecule has 0 radical (unpaired) electrons. The van der Waals surface area contributed by atoms with Crippen molar-refractivity contribution in [3.63, 3.8) is 0 Å². The van der Waals surface area contributed by atoms with Gasteiger partial charge >= 0.3 is 0 Å². The first-order valence-electron chi connectivity index (χ1n) is 13.0. The van der Waals surface area contributed by atoms with Crippen molar-refractivity contribution in [2.45, 2.75) is 91.3 Å². The molecule has 0 aromatic heterocycles. The zero-order chi connectivity index (χ0) is 22.8. The summed E-state index contributed by atoms with van der Waals surface area (Å²) in [4.78, 5) is 4.83. The Kier molecular flexibility index (Phi) is 4.62. The lowest BCUT2D eigenvalue weighted by atomic mass is 9.43. The van der Waals surface area contributed by atoms with Crippen molar-refractivity contribution >= 4 is 0 Å². The molecule has 0 unspecified atom stereocenters. The van der Waals surface area contributed by atoms with E-state index in [9.17, 15) is 5.11 Å². The number of aliphatic hydroxyl groups is 1. The van der Waals surface area contributed by atoms with E-state index in [4.69, 9.17) is 0 Å². The minimum atomic E-state index is -0.177. The van der Waals surface area contributed by atoms with Gasteiger partial charge < -0.3 is 14.9 Å². The third kappa shape index (κ3) is 2.42. The van der Waals surface area contributed by atoms with E-state index in [0.29, 0.717) is 46.1 Å². The molecule has 0 heterocycles. The second-order valence-electron chi connectivity index (χ2n) is 14.0. The van der Waals surface area contributed by atoms with Crippen molar-refractivity contribution in [3.05, 3.63) is 12.2 Å². The lowest BCUT2D eigenvalue weighted by Gasteiger charge is -2.62. The van der Waals surface area contributed by atoms with Crippen molar-refractivity contribution < 1.29 is 5.11 Å². The van der Waals surface area contributed by atoms with Gasteiger partial charge in [0.2, 0.25) is 0 Å². The largest absolute Gasteiger partial charge is 0.393 e. The maximum Gasteiger partial charge on any atom is 0.0594 e. The number of allylic oxidation sites excluding steroid dienone is 2. The Hall–Kier alpha value is -0.380. The number of nitrogens with zero attached hydrogens (tertiary/aromatic N) is 2. The van der Waals surface area contributed by atoms with Gasteiger partial charge in [-0.05, 0) is 113 Å². The summed E-state index contributed by atoms with van der Waals surface area (Å²) < 4.78 is 0. The molecule has 5 rings (SSSR count). The molecule has 4 fully saturated rings. The summed E-state index contributed by atoms with van der Waals surface area (Å²) in [5, 5.41) is 11.4. The van der Waals surface area contributed by atoms with Crippen LogP contribution in [0.15, 0.2) is 12.2 Å². The highest BCUT2D eigenvalue weighted by Gasteiger charge is 2.82. The van der Waals surface area contributed by atoms with Gasteiger partial charge in [-0.25, -0.2) is 0 Å². The molecule has 1 N–H and O–H groups in total. The Balaban J connectivity index is 1.55. The first-order chi connectivity index (χ1) is 14.3. The van der Waals surface area contributed by atoms with E-state index in [1.807, 2.05) is 0 Å². The smallest absolute Gasteiger partial charge is 0.0594 e. The molecule has 0 amide bonds. The molecule has 3 heteroatoms. The van der Waals surface area contributed by atoms with Crippen LogP contribution in [0.1, 0.15) is 73.1 Å². The normalized spacial score (nSPS) is 55.4. The molecule has 2 spiro atoms. The minimum absolute atomic E-state index is 0.177. The molecule has 0 bridgehead atoms. The molecule has 0 saturated heterocycles. The van der Waals surface area contributed by atoms with Crippen LogP contribution in [0.3, 0.4) is 0 Å². The molecule has 5 aliphatic carbocycles. The van der Waals surface area contributed by atoms with Crippen LogP contribution in [0.25, 0.3) is 0 Å². The van der Waals surface area contributed by atoms with E-state index < -0.39 is 0 Å². The molecular weight excluding hydrogens is 380 g/mol. The van der Waals surface area contributed by atoms with Crippen LogP contribution in [0.2, 0.25) is 0 Å². The van der Waals surface area contributed by atoms with Gasteiger partial charge in [-0.3, -0.25) is 0 Å². The standard InChI is InChI=1S/C28H48N2O/c1-18(29(6)7)23-19(31)16-26(5)21-11-10-20-24(2,3)22(30(8)9)12-13-27(20)17-28(21,27)15-14-25(23,26)4/h10-11,18-23,31H,12-17H2,1-9H3/t18-,19+,20+,21+,22-,23-,25+,26-,27+,28-/m0/s1. The van der Waals surface area contributed by atoms with Gasteiger partial charge in [-0.2, -0.15) is 0 Å². The molecule has 176 valence electrons. The summed E-state index contributed by atoms with van der Waals surface area (Å²) >= 11 is 0. The second-order valence-corrected chi connectivity index (χ2v) is 14.0. The Morgan fingerprint density at radius 2 is 1.48 bits per heavy atom. The first-order valence-corrected chi connectivity index (χ1v) is 13.0. The fraction of sp³-hybridized carbons (Fsp3) is 0.929. The third-order valence-corrected chi connectivity index (χ3v) is 12.5. The monoisotopic (exact) mass is 428 g/mol. The number of fused-ring (bicyclic) bond motifs is 2. The van der Waals surface area contributed by atoms with Crippen molar-refractivity contribution in [1.82, 2.24) is 9.80 Å². The maximum atomic E-state index is 11.4. The van der Waals surface area contributed by atoms with Crippen LogP contribution in [0, 0.1) is 44.8 Å². The summed E-state index contributed by atoms with van der Waals surface area (Å²) in [6.45, 7) is 12.5. The second kappa shape index (κ2) is 6.39. The fourth-order valence-electron chi connectivity index (χ4n) is 10.8. The van der Waals surface area contributed by atoms with Crippen LogP contribution in [-0.2, 0) is 0 Å². The van der Waals surface area contributed by atoms with Crippen molar-refractivity contribution in [2.24, 2.45) is 44.8 Å². The Morgan fingerprint density at radius 3 is 2.10 bits per heavy atom. The highest BCUT2D eigenvalue weighted by molar-refractivity contribution is 5.37. The van der Waals surface area contributed by atoms with Gasteiger partial charge in [0, 0.05) is 18.0 Å². The van der Waals surface area contributed by atoms with E-state index in [1.54, 1.807) is 0 Å². The topological polar surface area (TPSA) is 26.7 Å². The minimum Gasteiger partial charge on any atom is -0.393 e. The lowest BCUT2D eigenvalue weighted by Crippen LogP contribution is -2.58. The van der Waals surface area contributed by atoms with Crippen molar-refractivity contribution in [3.8, 4) is 0 Å². The summed E-state index contributed by atoms with van der Waals surface area (Å²) in [6.07, 6.45) is 13.0. The molecule has 3 nitrogen and oxygen atoms in total. The van der Waals surface area contributed by atoms with Gasteiger partial charge in [0.15, 0.2) is 0 Å². The number of rotatable bonds is 3. The van der Waals surface area contributed by atoms with Crippen LogP contribution < -0.4 is 0 Å². The lowest BCUT2D eigenvalue weighted by molar-refractivity contribution is -0.109. The molecule has 10 atom stereocenters. The summed E-state index contributed by atoms with van der Waals surface area (Å²) in [6, 6.07) is 1.09. The third-order valence-electron chi connectivity index (χ3n) is 12.5. The predicted octanol–water partition coefficient (Wildman–Crippen LogP) is 5.05. The van der Waals surface area contributed by atoms with E-state index in [0.717, 1.165) is 6.42 Å². The average Bonchev–Trinajstić information content (AvgIpc) is 3.26. The van der Waals surface area contributed by atoms with Crippen molar-refractivity contribution in [1.29, 1.82) is 0 Å². The van der Waals surface area contributed by atoms with E-state index >= 15 is 0 Å². The van der Waals surface area contributed by atoms with E-state index in [2.05, 4.69) is 84.8 Å². The van der Waals surface area contributed by atoms with Gasteiger partial charge in [0.1, 0.15) is 0 Å². The van der Waals surface area contributed by atoms with Gasteiger partial charge in [-0.1, -0.05) is 39.8 Å². The molecule has 4 saturated carbocycles. The highest BCUT2D eigenvalue weighted by Crippen LogP contribution is 2.87. The fourth-order valence-corrected chi connectivity index (χ4v) is 10.8. The zero-order valence-corrected chi connectivity index (χ0v) is 21.7. The van der Waals surface area contributed by atoms with Gasteiger partial charge in [0.25, 0.3) is 0 Å². The molecule has 5 aliphatic rings. The van der Waals surface area contributed by atoms with Gasteiger partial charge in [-0.15, -0.1) is 0 Å². The first kappa shape index (κ1) is 22.4. The predicted molar refractivity (Wildman–Crippen MR) is 129 cm³/mol. The Labute approximate surface area is 191 Å². The molecule has 0 aromatic rings. The van der Waals surface area contributed by atoms with Gasteiger partial charge in [0.05, 0.1) is 6.10 Å². The SMILES string of the molecule is C[C@@H]([C@H]1[C@H](O)C[C@@]2(C)[C@H]3C=C[C@@H]4C(C)(C)[C@@H](N(C)C)CC[C@@]45C[C@@]35CC[C@]12C)N(C)C. The highest BCUT2D eigenvalue weighted by atomic mass is 16.3. The number of aliphatic hydroxyl groups excluding tert-OH is 1. The Morgan fingerprint density at radius 1 is 0.871 bits per heavy atom. The van der Waals surface area contributed by atoms with Crippen LogP contribution >= 0.6 is 0 Å². The summed E-state index contributed by atoms with van der Waals surface area (Å²) in [7, 11) is 8.93. The molecule has 31 heavy (non-hydrogen) atoms. The molecule has 0 aliphatic heterocycles. The summed E-state index contributed by atoms with van der Waals surface area (Å²) in [5.74, 6) is 1.70. The maximum absolute atomic E-state index is 11.4. The van der Waals surface area contributed by atoms with Crippen LogP contribution in [0.4, 0.5) is 0 Å². The van der Waals surface area contributed by atoms with E-state index in [1.165, 1.54) is 32.1 Å². The molecular formula is C28H48N2O. The average molecular weight is 429 g/mol. The quantitative estimate of drug-likeness (QED) is 0.637. The summed E-state index contributed by atoms with van der Waals surface area (Å²) in [5.41, 5.74) is 1.75. The van der Waals surface area contributed by atoms with Crippen LogP contribution in [-0.4, -0.2) is 61.3 Å². The van der Waals surface area contributed by atoms with E-state index in [-0.39, 0.29) is 16.9 Å². The number of hydrogen-bond donors (Lipinski definition) is 1. The Bertz CT molecular complexity index is 788. The van der Waals surface area contributed by atoms with Crippen LogP contribution in [0.5, 0.6) is 0 Å². The zero-order valence-electron chi connectivity index (χ0n) is 21.7. The van der Waals surface area contributed by atoms with Crippen molar-refractivity contribution in [2.75, 3.05) is 28.2 Å². The molecule has 0 aromatic carbocycles.